The molecule has 0 radical (unpaired) electrons. The smallest absolute Gasteiger partial charge is 0.209 e. The molecule has 23 heavy (non-hydrogen) atoms. The summed E-state index contributed by atoms with van der Waals surface area (Å²) in [6.07, 6.45) is 3.29. The van der Waals surface area contributed by atoms with Crippen LogP contribution < -0.4 is 4.72 Å². The number of fused-ring (bicyclic) bond motifs is 1. The molecule has 2 aliphatic rings. The van der Waals surface area contributed by atoms with E-state index >= 15 is 0 Å². The standard InChI is InChI=1S/C15H25N3O4S/c1-10-13(11(2)22-16-10)8-18-7-12-5-4-6-21-15(12)14(9-18)17-23(3,19)20/h12,14-15,17H,4-9H2,1-3H3/t12-,14+,15-/m0/s1. The Morgan fingerprint density at radius 3 is 2.78 bits per heavy atom. The molecule has 0 aliphatic carbocycles. The van der Waals surface area contributed by atoms with E-state index in [1.807, 2.05) is 13.8 Å². The highest BCUT2D eigenvalue weighted by atomic mass is 32.2. The topological polar surface area (TPSA) is 84.7 Å². The third kappa shape index (κ3) is 3.93. The zero-order valence-corrected chi connectivity index (χ0v) is 14.7. The summed E-state index contributed by atoms with van der Waals surface area (Å²) in [4.78, 5) is 2.28. The summed E-state index contributed by atoms with van der Waals surface area (Å²) < 4.78 is 37.3. The van der Waals surface area contributed by atoms with Gasteiger partial charge in [0.1, 0.15) is 5.76 Å². The number of hydrogen-bond acceptors (Lipinski definition) is 6. The van der Waals surface area contributed by atoms with Crippen LogP contribution in [0.1, 0.15) is 29.9 Å². The van der Waals surface area contributed by atoms with Gasteiger partial charge in [0, 0.05) is 31.8 Å². The fourth-order valence-corrected chi connectivity index (χ4v) is 4.51. The Balaban J connectivity index is 1.77. The van der Waals surface area contributed by atoms with Gasteiger partial charge in [-0.3, -0.25) is 4.90 Å². The summed E-state index contributed by atoms with van der Waals surface area (Å²) in [5.74, 6) is 1.19. The largest absolute Gasteiger partial charge is 0.376 e. The first-order valence-electron chi connectivity index (χ1n) is 8.06. The number of rotatable bonds is 4. The summed E-state index contributed by atoms with van der Waals surface area (Å²) in [6, 6.07) is -0.204. The van der Waals surface area contributed by atoms with Crippen molar-refractivity contribution in [3.63, 3.8) is 0 Å². The van der Waals surface area contributed by atoms with Crippen molar-refractivity contribution in [3.05, 3.63) is 17.0 Å². The van der Waals surface area contributed by atoms with Crippen molar-refractivity contribution in [3.8, 4) is 0 Å². The Morgan fingerprint density at radius 2 is 2.13 bits per heavy atom. The van der Waals surface area contributed by atoms with Crippen LogP contribution in [-0.4, -0.2) is 56.6 Å². The molecule has 0 spiro atoms. The minimum atomic E-state index is -3.26. The van der Waals surface area contributed by atoms with Gasteiger partial charge in [-0.15, -0.1) is 0 Å². The van der Waals surface area contributed by atoms with Crippen molar-refractivity contribution >= 4 is 10.0 Å². The third-order valence-corrected chi connectivity index (χ3v) is 5.50. The molecule has 1 N–H and O–H groups in total. The fourth-order valence-electron chi connectivity index (χ4n) is 3.75. The van der Waals surface area contributed by atoms with Gasteiger partial charge in [-0.2, -0.15) is 0 Å². The van der Waals surface area contributed by atoms with Crippen LogP contribution in [0.4, 0.5) is 0 Å². The molecule has 3 heterocycles. The average Bonchev–Trinajstić information content (AvgIpc) is 2.78. The van der Waals surface area contributed by atoms with Gasteiger partial charge in [-0.25, -0.2) is 13.1 Å². The number of sulfonamides is 1. The lowest BCUT2D eigenvalue weighted by molar-refractivity contribution is -0.0824. The highest BCUT2D eigenvalue weighted by Crippen LogP contribution is 2.30. The van der Waals surface area contributed by atoms with Crippen molar-refractivity contribution in [2.75, 3.05) is 26.0 Å². The number of likely N-dealkylation sites (tertiary alicyclic amines) is 1. The first-order valence-corrected chi connectivity index (χ1v) is 9.95. The van der Waals surface area contributed by atoms with E-state index in [9.17, 15) is 8.42 Å². The SMILES string of the molecule is Cc1noc(C)c1CN1C[C@@H]2CCCO[C@@H]2[C@H](NS(C)(=O)=O)C1. The van der Waals surface area contributed by atoms with Gasteiger partial charge in [0.2, 0.25) is 10.0 Å². The van der Waals surface area contributed by atoms with E-state index in [0.717, 1.165) is 42.9 Å². The molecular weight excluding hydrogens is 318 g/mol. The number of ether oxygens (including phenoxy) is 1. The maximum Gasteiger partial charge on any atom is 0.209 e. The van der Waals surface area contributed by atoms with Crippen molar-refractivity contribution < 1.29 is 17.7 Å². The molecule has 0 saturated carbocycles. The van der Waals surface area contributed by atoms with Crippen molar-refractivity contribution in [1.82, 2.24) is 14.8 Å². The second kappa shape index (κ2) is 6.51. The number of piperidine rings is 1. The number of nitrogens with zero attached hydrogens (tertiary/aromatic N) is 2. The summed E-state index contributed by atoms with van der Waals surface area (Å²) in [5, 5.41) is 4.00. The molecule has 0 unspecified atom stereocenters. The van der Waals surface area contributed by atoms with Gasteiger partial charge < -0.3 is 9.26 Å². The molecule has 0 bridgehead atoms. The van der Waals surface area contributed by atoms with E-state index in [-0.39, 0.29) is 12.1 Å². The third-order valence-electron chi connectivity index (χ3n) is 4.77. The van der Waals surface area contributed by atoms with Crippen LogP contribution in [0.2, 0.25) is 0 Å². The normalized spacial score (nSPS) is 29.4. The predicted octanol–water partition coefficient (Wildman–Crippen LogP) is 0.820. The lowest BCUT2D eigenvalue weighted by atomic mass is 9.85. The Hall–Kier alpha value is -0.960. The Labute approximate surface area is 137 Å². The van der Waals surface area contributed by atoms with Gasteiger partial charge >= 0.3 is 0 Å². The summed E-state index contributed by atoms with van der Waals surface area (Å²) >= 11 is 0. The first-order chi connectivity index (χ1) is 10.8. The monoisotopic (exact) mass is 343 g/mol. The number of aromatic nitrogens is 1. The second-order valence-electron chi connectivity index (χ2n) is 6.73. The van der Waals surface area contributed by atoms with Crippen molar-refractivity contribution in [2.24, 2.45) is 5.92 Å². The van der Waals surface area contributed by atoms with Crippen LogP contribution >= 0.6 is 0 Å². The quantitative estimate of drug-likeness (QED) is 0.871. The van der Waals surface area contributed by atoms with E-state index in [0.29, 0.717) is 19.1 Å². The van der Waals surface area contributed by atoms with Gasteiger partial charge in [0.05, 0.1) is 24.1 Å². The molecule has 130 valence electrons. The van der Waals surface area contributed by atoms with Crippen LogP contribution in [0.25, 0.3) is 0 Å². The molecular formula is C15H25N3O4S. The van der Waals surface area contributed by atoms with Crippen molar-refractivity contribution in [1.29, 1.82) is 0 Å². The number of hydrogen-bond donors (Lipinski definition) is 1. The zero-order chi connectivity index (χ0) is 16.6. The zero-order valence-electron chi connectivity index (χ0n) is 13.9. The molecule has 7 nitrogen and oxygen atoms in total. The maximum absolute atomic E-state index is 11.7. The van der Waals surface area contributed by atoms with Crippen LogP contribution in [0.3, 0.4) is 0 Å². The summed E-state index contributed by atoms with van der Waals surface area (Å²) in [5.41, 5.74) is 2.00. The van der Waals surface area contributed by atoms with E-state index in [1.54, 1.807) is 0 Å². The van der Waals surface area contributed by atoms with Gasteiger partial charge in [-0.05, 0) is 32.6 Å². The Bertz CT molecular complexity index is 638. The highest BCUT2D eigenvalue weighted by molar-refractivity contribution is 7.88. The molecule has 3 atom stereocenters. The second-order valence-corrected chi connectivity index (χ2v) is 8.51. The molecule has 2 saturated heterocycles. The molecule has 2 fully saturated rings. The van der Waals surface area contributed by atoms with Crippen LogP contribution in [0, 0.1) is 19.8 Å². The molecule has 3 rings (SSSR count). The molecule has 1 aromatic heterocycles. The molecule has 8 heteroatoms. The van der Waals surface area contributed by atoms with E-state index in [4.69, 9.17) is 9.26 Å². The van der Waals surface area contributed by atoms with Crippen molar-refractivity contribution in [2.45, 2.75) is 45.4 Å². The van der Waals surface area contributed by atoms with Crippen LogP contribution in [0.5, 0.6) is 0 Å². The lowest BCUT2D eigenvalue weighted by Crippen LogP contribution is -2.60. The Morgan fingerprint density at radius 1 is 1.35 bits per heavy atom. The number of aryl methyl sites for hydroxylation is 2. The molecule has 0 amide bonds. The fraction of sp³-hybridized carbons (Fsp3) is 0.800. The average molecular weight is 343 g/mol. The van der Waals surface area contributed by atoms with Crippen LogP contribution in [0.15, 0.2) is 4.52 Å². The first kappa shape index (κ1) is 16.9. The molecule has 1 aromatic rings. The minimum absolute atomic E-state index is 0.0283. The summed E-state index contributed by atoms with van der Waals surface area (Å²) in [6.45, 7) is 6.85. The van der Waals surface area contributed by atoms with Gasteiger partial charge in [0.25, 0.3) is 0 Å². The number of nitrogens with one attached hydrogen (secondary N) is 1. The Kier molecular flexibility index (Phi) is 4.78. The van der Waals surface area contributed by atoms with Gasteiger partial charge in [-0.1, -0.05) is 5.16 Å². The molecule has 2 aliphatic heterocycles. The predicted molar refractivity (Wildman–Crippen MR) is 85.5 cm³/mol. The molecule has 0 aromatic carbocycles. The van der Waals surface area contributed by atoms with E-state index < -0.39 is 10.0 Å². The van der Waals surface area contributed by atoms with E-state index in [2.05, 4.69) is 14.8 Å². The summed E-state index contributed by atoms with van der Waals surface area (Å²) in [7, 11) is -3.26. The highest BCUT2D eigenvalue weighted by Gasteiger charge is 2.40. The minimum Gasteiger partial charge on any atom is -0.376 e. The lowest BCUT2D eigenvalue weighted by Gasteiger charge is -2.45. The van der Waals surface area contributed by atoms with Gasteiger partial charge in [0.15, 0.2) is 0 Å². The van der Waals surface area contributed by atoms with Crippen LogP contribution in [-0.2, 0) is 21.3 Å². The maximum atomic E-state index is 11.7. The van der Waals surface area contributed by atoms with E-state index in [1.165, 1.54) is 6.26 Å².